The Morgan fingerprint density at radius 2 is 2.15 bits per heavy atom. The van der Waals surface area contributed by atoms with Gasteiger partial charge in [-0.1, -0.05) is 6.07 Å². The number of hydrogen-bond donors (Lipinski definition) is 2. The average Bonchev–Trinajstić information content (AvgIpc) is 2.92. The van der Waals surface area contributed by atoms with Crippen molar-refractivity contribution < 1.29 is 22.3 Å². The number of benzene rings is 1. The predicted octanol–water partition coefficient (Wildman–Crippen LogP) is 1.82. The first-order valence-corrected chi connectivity index (χ1v) is 7.43. The fourth-order valence-electron chi connectivity index (χ4n) is 1.68. The first kappa shape index (κ1) is 14.7. The van der Waals surface area contributed by atoms with Gasteiger partial charge in [0.25, 0.3) is 0 Å². The molecular formula is C13H14FNO4S. The van der Waals surface area contributed by atoms with E-state index in [9.17, 15) is 17.9 Å². The number of nitrogens with one attached hydrogen (secondary N) is 1. The molecule has 0 spiro atoms. The topological polar surface area (TPSA) is 79.5 Å². The zero-order valence-corrected chi connectivity index (χ0v) is 11.3. The van der Waals surface area contributed by atoms with Gasteiger partial charge in [-0.2, -0.15) is 0 Å². The third kappa shape index (κ3) is 3.66. The van der Waals surface area contributed by atoms with Gasteiger partial charge in [0.1, 0.15) is 5.82 Å². The highest BCUT2D eigenvalue weighted by molar-refractivity contribution is 7.89. The summed E-state index contributed by atoms with van der Waals surface area (Å²) in [5.41, 5.74) is 0.579. The summed E-state index contributed by atoms with van der Waals surface area (Å²) in [7, 11) is -3.77. The molecule has 2 rings (SSSR count). The van der Waals surface area contributed by atoms with E-state index in [0.29, 0.717) is 5.56 Å². The summed E-state index contributed by atoms with van der Waals surface area (Å²) < 4.78 is 43.9. The molecule has 20 heavy (non-hydrogen) atoms. The third-order valence-corrected chi connectivity index (χ3v) is 4.20. The minimum Gasteiger partial charge on any atom is -0.472 e. The number of hydrogen-bond acceptors (Lipinski definition) is 4. The lowest BCUT2D eigenvalue weighted by molar-refractivity contribution is 0.168. The summed E-state index contributed by atoms with van der Waals surface area (Å²) in [6, 6.07) is 6.34. The van der Waals surface area contributed by atoms with E-state index in [1.54, 1.807) is 6.07 Å². The largest absolute Gasteiger partial charge is 0.472 e. The Balaban J connectivity index is 1.93. The molecule has 0 aliphatic heterocycles. The zero-order chi connectivity index (χ0) is 14.6. The minimum atomic E-state index is -3.77. The van der Waals surface area contributed by atoms with Crippen molar-refractivity contribution in [3.63, 3.8) is 0 Å². The Labute approximate surface area is 116 Å². The van der Waals surface area contributed by atoms with Crippen LogP contribution in [0.3, 0.4) is 0 Å². The van der Waals surface area contributed by atoms with Crippen LogP contribution in [0.4, 0.5) is 4.39 Å². The summed E-state index contributed by atoms with van der Waals surface area (Å²) in [6.45, 7) is 0.0329. The zero-order valence-electron chi connectivity index (χ0n) is 10.5. The quantitative estimate of drug-likeness (QED) is 0.852. The van der Waals surface area contributed by atoms with Crippen molar-refractivity contribution >= 4 is 10.0 Å². The number of halogens is 1. The molecule has 0 amide bonds. The summed E-state index contributed by atoms with van der Waals surface area (Å²) in [6.07, 6.45) is 2.19. The highest BCUT2D eigenvalue weighted by Gasteiger charge is 2.15. The van der Waals surface area contributed by atoms with Crippen LogP contribution in [-0.4, -0.2) is 20.1 Å². The number of rotatable bonds is 6. The van der Waals surface area contributed by atoms with Gasteiger partial charge in [-0.3, -0.25) is 0 Å². The summed E-state index contributed by atoms with van der Waals surface area (Å²) in [5, 5.41) is 9.77. The molecule has 108 valence electrons. The number of sulfonamides is 1. The molecule has 1 unspecified atom stereocenters. The maximum absolute atomic E-state index is 13.0. The number of aliphatic hydroxyl groups excluding tert-OH is 1. The van der Waals surface area contributed by atoms with E-state index in [0.717, 1.165) is 6.07 Å². The predicted molar refractivity (Wildman–Crippen MR) is 69.9 cm³/mol. The Kier molecular flexibility index (Phi) is 4.53. The second-order valence-corrected chi connectivity index (χ2v) is 5.98. The lowest BCUT2D eigenvalue weighted by atomic mass is 10.1. The molecular weight excluding hydrogens is 285 g/mol. The molecule has 1 atom stereocenters. The molecule has 0 aliphatic rings. The summed E-state index contributed by atoms with van der Waals surface area (Å²) in [4.78, 5) is -0.143. The van der Waals surface area contributed by atoms with Crippen LogP contribution < -0.4 is 4.72 Å². The van der Waals surface area contributed by atoms with E-state index in [4.69, 9.17) is 4.42 Å². The molecule has 1 aromatic heterocycles. The van der Waals surface area contributed by atoms with E-state index in [1.807, 2.05) is 0 Å². The van der Waals surface area contributed by atoms with Gasteiger partial charge in [0.15, 0.2) is 0 Å². The first-order valence-electron chi connectivity index (χ1n) is 5.94. The lowest BCUT2D eigenvalue weighted by Crippen LogP contribution is -2.26. The fourth-order valence-corrected chi connectivity index (χ4v) is 2.76. The van der Waals surface area contributed by atoms with Gasteiger partial charge < -0.3 is 9.52 Å². The van der Waals surface area contributed by atoms with Crippen molar-refractivity contribution in [2.75, 3.05) is 6.54 Å². The third-order valence-electron chi connectivity index (χ3n) is 2.74. The molecule has 0 radical (unpaired) electrons. The van der Waals surface area contributed by atoms with Crippen molar-refractivity contribution in [2.24, 2.45) is 0 Å². The average molecular weight is 299 g/mol. The van der Waals surface area contributed by atoms with Crippen molar-refractivity contribution in [3.05, 3.63) is 54.2 Å². The van der Waals surface area contributed by atoms with Gasteiger partial charge in [-0.25, -0.2) is 17.5 Å². The molecule has 5 nitrogen and oxygen atoms in total. The van der Waals surface area contributed by atoms with Gasteiger partial charge in [-0.15, -0.1) is 0 Å². The van der Waals surface area contributed by atoms with Crippen LogP contribution in [0, 0.1) is 5.82 Å². The molecule has 1 aromatic carbocycles. The van der Waals surface area contributed by atoms with E-state index in [-0.39, 0.29) is 17.9 Å². The van der Waals surface area contributed by atoms with Gasteiger partial charge in [0.2, 0.25) is 10.0 Å². The minimum absolute atomic E-state index is 0.0329. The molecule has 0 saturated heterocycles. The van der Waals surface area contributed by atoms with Crippen molar-refractivity contribution in [2.45, 2.75) is 17.4 Å². The van der Waals surface area contributed by atoms with E-state index >= 15 is 0 Å². The molecule has 1 heterocycles. The molecule has 2 N–H and O–H groups in total. The smallest absolute Gasteiger partial charge is 0.240 e. The van der Waals surface area contributed by atoms with Gasteiger partial charge >= 0.3 is 0 Å². The van der Waals surface area contributed by atoms with Crippen LogP contribution in [-0.2, 0) is 10.0 Å². The molecule has 2 aromatic rings. The van der Waals surface area contributed by atoms with Crippen LogP contribution in [0.15, 0.2) is 52.2 Å². The molecule has 0 saturated carbocycles. The highest BCUT2D eigenvalue weighted by atomic mass is 32.2. The standard InChI is InChI=1S/C13H14FNO4S/c14-11-2-1-3-12(8-11)20(17,18)15-6-4-13(16)10-5-7-19-9-10/h1-3,5,7-9,13,15-16H,4,6H2. The van der Waals surface area contributed by atoms with Crippen LogP contribution in [0.5, 0.6) is 0 Å². The lowest BCUT2D eigenvalue weighted by Gasteiger charge is -2.10. The van der Waals surface area contributed by atoms with E-state index in [2.05, 4.69) is 4.72 Å². The maximum atomic E-state index is 13.0. The van der Waals surface area contributed by atoms with Crippen molar-refractivity contribution in [3.8, 4) is 0 Å². The van der Waals surface area contributed by atoms with Crippen molar-refractivity contribution in [1.29, 1.82) is 0 Å². The van der Waals surface area contributed by atoms with Crippen LogP contribution in [0.1, 0.15) is 18.1 Å². The Morgan fingerprint density at radius 1 is 1.35 bits per heavy atom. The van der Waals surface area contributed by atoms with Crippen LogP contribution in [0.25, 0.3) is 0 Å². The Morgan fingerprint density at radius 3 is 2.80 bits per heavy atom. The van der Waals surface area contributed by atoms with Gasteiger partial charge in [0.05, 0.1) is 23.5 Å². The number of furan rings is 1. The Hall–Kier alpha value is -1.70. The highest BCUT2D eigenvalue weighted by Crippen LogP contribution is 2.16. The van der Waals surface area contributed by atoms with Crippen LogP contribution in [0.2, 0.25) is 0 Å². The van der Waals surface area contributed by atoms with Crippen molar-refractivity contribution in [1.82, 2.24) is 4.72 Å². The van der Waals surface area contributed by atoms with Gasteiger partial charge in [-0.05, 0) is 30.7 Å². The maximum Gasteiger partial charge on any atom is 0.240 e. The van der Waals surface area contributed by atoms with E-state index in [1.165, 1.54) is 30.7 Å². The molecule has 0 bridgehead atoms. The first-order chi connectivity index (χ1) is 9.49. The second-order valence-electron chi connectivity index (χ2n) is 4.22. The summed E-state index contributed by atoms with van der Waals surface area (Å²) >= 11 is 0. The van der Waals surface area contributed by atoms with Gasteiger partial charge in [0, 0.05) is 12.1 Å². The SMILES string of the molecule is O=S(=O)(NCCC(O)c1ccoc1)c1cccc(F)c1. The second kappa shape index (κ2) is 6.17. The summed E-state index contributed by atoms with van der Waals surface area (Å²) in [5.74, 6) is -0.619. The molecule has 0 aliphatic carbocycles. The van der Waals surface area contributed by atoms with Crippen LogP contribution >= 0.6 is 0 Å². The Bertz CT molecular complexity index is 655. The molecule has 0 fully saturated rings. The number of aliphatic hydroxyl groups is 1. The fraction of sp³-hybridized carbons (Fsp3) is 0.231. The van der Waals surface area contributed by atoms with E-state index < -0.39 is 21.9 Å². The monoisotopic (exact) mass is 299 g/mol. The molecule has 7 heteroatoms. The normalized spacial score (nSPS) is 13.3.